The van der Waals surface area contributed by atoms with Gasteiger partial charge in [0.1, 0.15) is 0 Å². The fourth-order valence-corrected chi connectivity index (χ4v) is 3.15. The standard InChI is InChI=1S/C16H20N4O3/c1-11-4-3-9-19(10-11)12(2)15-17-18-16(23-15)13-5-7-14(8-6-13)20(21)22/h5-8,11-12H,3-4,9-10H2,1-2H3/p+1/t11-,12+/m1/s1. The molecule has 2 heterocycles. The number of hydrogen-bond donors (Lipinski definition) is 1. The van der Waals surface area contributed by atoms with Gasteiger partial charge in [-0.2, -0.15) is 0 Å². The van der Waals surface area contributed by atoms with E-state index in [4.69, 9.17) is 4.42 Å². The second-order valence-corrected chi connectivity index (χ2v) is 6.33. The summed E-state index contributed by atoms with van der Waals surface area (Å²) >= 11 is 0. The first kappa shape index (κ1) is 15.6. The van der Waals surface area contributed by atoms with E-state index in [0.29, 0.717) is 17.3 Å². The lowest BCUT2D eigenvalue weighted by Gasteiger charge is -2.30. The molecule has 2 aromatic rings. The third-order valence-electron chi connectivity index (χ3n) is 4.55. The summed E-state index contributed by atoms with van der Waals surface area (Å²) in [4.78, 5) is 11.7. The first-order valence-corrected chi connectivity index (χ1v) is 7.97. The van der Waals surface area contributed by atoms with Crippen molar-refractivity contribution >= 4 is 5.69 Å². The van der Waals surface area contributed by atoms with Gasteiger partial charge in [0.05, 0.1) is 18.0 Å². The number of nitrogens with one attached hydrogen (secondary N) is 1. The maximum atomic E-state index is 10.7. The SMILES string of the molecule is C[C@@H]1CCC[NH+]([C@@H](C)c2nnc(-c3ccc([N+](=O)[O-])cc3)o2)C1. The number of piperidine rings is 1. The molecule has 1 unspecified atom stereocenters. The summed E-state index contributed by atoms with van der Waals surface area (Å²) in [6.07, 6.45) is 2.51. The van der Waals surface area contributed by atoms with Gasteiger partial charge in [-0.25, -0.2) is 0 Å². The molecule has 1 aliphatic rings. The number of non-ortho nitro benzene ring substituents is 1. The Bertz CT molecular complexity index is 683. The second-order valence-electron chi connectivity index (χ2n) is 6.33. The molecule has 1 aromatic heterocycles. The Morgan fingerprint density at radius 3 is 2.74 bits per heavy atom. The summed E-state index contributed by atoms with van der Waals surface area (Å²) in [5.41, 5.74) is 0.747. The molecule has 1 N–H and O–H groups in total. The van der Waals surface area contributed by atoms with Crippen molar-refractivity contribution in [3.63, 3.8) is 0 Å². The van der Waals surface area contributed by atoms with Crippen molar-refractivity contribution in [3.05, 3.63) is 40.3 Å². The summed E-state index contributed by atoms with van der Waals surface area (Å²) in [6.45, 7) is 6.64. The quantitative estimate of drug-likeness (QED) is 0.688. The van der Waals surface area contributed by atoms with Gasteiger partial charge in [0.2, 0.25) is 5.89 Å². The van der Waals surface area contributed by atoms with Crippen molar-refractivity contribution in [3.8, 4) is 11.5 Å². The molecule has 3 atom stereocenters. The minimum atomic E-state index is -0.425. The molecule has 0 spiro atoms. The van der Waals surface area contributed by atoms with Gasteiger partial charge in [-0.05, 0) is 31.9 Å². The average Bonchev–Trinajstić information content (AvgIpc) is 3.04. The molecule has 0 saturated carbocycles. The number of likely N-dealkylation sites (tertiary alicyclic amines) is 1. The number of benzene rings is 1. The highest BCUT2D eigenvalue weighted by Crippen LogP contribution is 2.22. The summed E-state index contributed by atoms with van der Waals surface area (Å²) < 4.78 is 5.81. The van der Waals surface area contributed by atoms with Crippen molar-refractivity contribution < 1.29 is 14.2 Å². The molecule has 122 valence electrons. The van der Waals surface area contributed by atoms with Crippen LogP contribution in [0.25, 0.3) is 11.5 Å². The fourth-order valence-electron chi connectivity index (χ4n) is 3.15. The maximum Gasteiger partial charge on any atom is 0.274 e. The Hall–Kier alpha value is -2.28. The number of nitrogens with zero attached hydrogens (tertiary/aromatic N) is 3. The van der Waals surface area contributed by atoms with Crippen LogP contribution in [-0.2, 0) is 0 Å². The monoisotopic (exact) mass is 317 g/mol. The van der Waals surface area contributed by atoms with Gasteiger partial charge >= 0.3 is 0 Å². The van der Waals surface area contributed by atoms with Crippen LogP contribution < -0.4 is 4.90 Å². The summed E-state index contributed by atoms with van der Waals surface area (Å²) in [5.74, 6) is 1.76. The molecule has 7 nitrogen and oxygen atoms in total. The molecule has 0 aliphatic carbocycles. The van der Waals surface area contributed by atoms with Crippen LogP contribution in [0.2, 0.25) is 0 Å². The molecule has 23 heavy (non-hydrogen) atoms. The Morgan fingerprint density at radius 2 is 2.09 bits per heavy atom. The lowest BCUT2D eigenvalue weighted by molar-refractivity contribution is -0.939. The smallest absolute Gasteiger partial charge is 0.274 e. The van der Waals surface area contributed by atoms with E-state index in [1.807, 2.05) is 0 Å². The van der Waals surface area contributed by atoms with E-state index in [1.54, 1.807) is 12.1 Å². The Morgan fingerprint density at radius 1 is 1.35 bits per heavy atom. The van der Waals surface area contributed by atoms with Gasteiger partial charge in [-0.15, -0.1) is 10.2 Å². The molecule has 0 bridgehead atoms. The van der Waals surface area contributed by atoms with Gasteiger partial charge in [-0.3, -0.25) is 10.1 Å². The highest BCUT2D eigenvalue weighted by Gasteiger charge is 2.29. The molecule has 1 aromatic carbocycles. The molecule has 1 aliphatic heterocycles. The van der Waals surface area contributed by atoms with Crippen LogP contribution in [0.15, 0.2) is 28.7 Å². The van der Waals surface area contributed by atoms with E-state index in [-0.39, 0.29) is 11.7 Å². The maximum absolute atomic E-state index is 10.7. The predicted molar refractivity (Wildman–Crippen MR) is 83.9 cm³/mol. The number of rotatable bonds is 4. The van der Waals surface area contributed by atoms with Crippen molar-refractivity contribution in [2.45, 2.75) is 32.7 Å². The van der Waals surface area contributed by atoms with Crippen molar-refractivity contribution in [2.24, 2.45) is 5.92 Å². The number of quaternary nitrogens is 1. The molecular formula is C16H21N4O3+. The molecular weight excluding hydrogens is 296 g/mol. The van der Waals surface area contributed by atoms with Crippen molar-refractivity contribution in [1.82, 2.24) is 10.2 Å². The van der Waals surface area contributed by atoms with Gasteiger partial charge in [-0.1, -0.05) is 6.92 Å². The van der Waals surface area contributed by atoms with Crippen LogP contribution in [-0.4, -0.2) is 28.2 Å². The number of nitro groups is 1. The summed E-state index contributed by atoms with van der Waals surface area (Å²) in [7, 11) is 0. The zero-order chi connectivity index (χ0) is 16.4. The number of aromatic nitrogens is 2. The number of hydrogen-bond acceptors (Lipinski definition) is 5. The Kier molecular flexibility index (Phi) is 4.38. The predicted octanol–water partition coefficient (Wildman–Crippen LogP) is 2.02. The van der Waals surface area contributed by atoms with Crippen molar-refractivity contribution in [1.29, 1.82) is 0 Å². The normalized spacial score (nSPS) is 22.7. The highest BCUT2D eigenvalue weighted by molar-refractivity contribution is 5.55. The molecule has 7 heteroatoms. The van der Waals surface area contributed by atoms with Crippen LogP contribution in [0.4, 0.5) is 5.69 Å². The van der Waals surface area contributed by atoms with Crippen LogP contribution in [0.1, 0.15) is 38.6 Å². The first-order chi connectivity index (χ1) is 11.0. The van der Waals surface area contributed by atoms with E-state index < -0.39 is 4.92 Å². The second kappa shape index (κ2) is 6.45. The van der Waals surface area contributed by atoms with Gasteiger partial charge < -0.3 is 9.32 Å². The van der Waals surface area contributed by atoms with Crippen LogP contribution in [0.3, 0.4) is 0 Å². The van der Waals surface area contributed by atoms with Crippen molar-refractivity contribution in [2.75, 3.05) is 13.1 Å². The van der Waals surface area contributed by atoms with Crippen LogP contribution in [0.5, 0.6) is 0 Å². The molecule has 1 fully saturated rings. The third kappa shape index (κ3) is 3.39. The van der Waals surface area contributed by atoms with Gasteiger partial charge in [0.15, 0.2) is 6.04 Å². The third-order valence-corrected chi connectivity index (χ3v) is 4.55. The van der Waals surface area contributed by atoms with E-state index in [1.165, 1.54) is 29.9 Å². The highest BCUT2D eigenvalue weighted by atomic mass is 16.6. The van der Waals surface area contributed by atoms with Gasteiger partial charge in [0, 0.05) is 23.6 Å². The minimum absolute atomic E-state index is 0.0496. The van der Waals surface area contributed by atoms with E-state index in [2.05, 4.69) is 24.0 Å². The fraction of sp³-hybridized carbons (Fsp3) is 0.500. The summed E-state index contributed by atoms with van der Waals surface area (Å²) in [6, 6.07) is 6.32. The largest absolute Gasteiger partial charge is 0.415 e. The zero-order valence-corrected chi connectivity index (χ0v) is 13.4. The minimum Gasteiger partial charge on any atom is -0.415 e. The van der Waals surface area contributed by atoms with Crippen LogP contribution in [0, 0.1) is 16.0 Å². The van der Waals surface area contributed by atoms with Crippen LogP contribution >= 0.6 is 0 Å². The Balaban J connectivity index is 1.75. The zero-order valence-electron chi connectivity index (χ0n) is 13.4. The summed E-state index contributed by atoms with van der Waals surface area (Å²) in [5, 5.41) is 19.0. The van der Waals surface area contributed by atoms with E-state index in [0.717, 1.165) is 19.0 Å². The van der Waals surface area contributed by atoms with E-state index >= 15 is 0 Å². The number of nitro benzene ring substituents is 1. The average molecular weight is 317 g/mol. The lowest BCUT2D eigenvalue weighted by atomic mass is 9.99. The molecule has 1 saturated heterocycles. The van der Waals surface area contributed by atoms with E-state index in [9.17, 15) is 10.1 Å². The molecule has 3 rings (SSSR count). The molecule has 0 radical (unpaired) electrons. The first-order valence-electron chi connectivity index (χ1n) is 7.97. The molecule has 0 amide bonds. The lowest BCUT2D eigenvalue weighted by Crippen LogP contribution is -3.13. The Labute approximate surface area is 134 Å². The van der Waals surface area contributed by atoms with Gasteiger partial charge in [0.25, 0.3) is 11.6 Å². The topological polar surface area (TPSA) is 86.5 Å².